The Morgan fingerprint density at radius 3 is 1.75 bits per heavy atom. The van der Waals surface area contributed by atoms with Crippen LogP contribution in [0.4, 0.5) is 11.4 Å². The Balaban J connectivity index is 3.74. The zero-order valence-corrected chi connectivity index (χ0v) is 13.9. The topological polar surface area (TPSA) is 107 Å². The maximum atomic E-state index is 12.7. The molecule has 0 aliphatic carbocycles. The van der Waals surface area contributed by atoms with E-state index in [1.165, 1.54) is 24.5 Å². The van der Waals surface area contributed by atoms with Gasteiger partial charge in [-0.05, 0) is 25.3 Å². The van der Waals surface area contributed by atoms with Gasteiger partial charge in [0.2, 0.25) is 0 Å². The van der Waals surface area contributed by atoms with E-state index in [0.29, 0.717) is 5.56 Å². The average Bonchev–Trinajstić information content (AvgIpc) is 2.52. The van der Waals surface area contributed by atoms with Crippen LogP contribution in [0.1, 0.15) is 49.5 Å². The van der Waals surface area contributed by atoms with E-state index in [4.69, 9.17) is 0 Å². The predicted octanol–water partition coefficient (Wildman–Crippen LogP) is 4.14. The fourth-order valence-electron chi connectivity index (χ4n) is 2.11. The monoisotopic (exact) mass is 333 g/mol. The number of hydrogen-bond acceptors (Lipinski definition) is 5. The van der Waals surface area contributed by atoms with Crippen LogP contribution in [-0.2, 0) is 0 Å². The summed E-state index contributed by atoms with van der Waals surface area (Å²) in [5, 5.41) is 22.8. The molecule has 1 amide bonds. The SMILES string of the molecule is CC=CN(C=CC)C(=O)c1c([N+](=O)[O-])cc(C(C)C)cc1[N+](=O)[O-]. The molecule has 24 heavy (non-hydrogen) atoms. The quantitative estimate of drug-likeness (QED) is 0.574. The van der Waals surface area contributed by atoms with Gasteiger partial charge in [0.1, 0.15) is 0 Å². The molecule has 1 aromatic rings. The standard InChI is InChI=1S/C16H19N3O5/c1-5-7-17(8-6-2)16(20)15-13(18(21)22)9-12(11(3)4)10-14(15)19(23)24/h5-11H,1-4H3. The second-order valence-corrected chi connectivity index (χ2v) is 5.28. The molecule has 0 fully saturated rings. The van der Waals surface area contributed by atoms with Crippen LogP contribution in [0.5, 0.6) is 0 Å². The molecule has 0 unspecified atom stereocenters. The first-order chi connectivity index (χ1) is 11.2. The molecule has 0 bridgehead atoms. The minimum absolute atomic E-state index is 0.159. The summed E-state index contributed by atoms with van der Waals surface area (Å²) in [5.41, 5.74) is -1.26. The number of allylic oxidation sites excluding steroid dienone is 2. The lowest BCUT2D eigenvalue weighted by molar-refractivity contribution is -0.394. The lowest BCUT2D eigenvalue weighted by atomic mass is 9.98. The zero-order valence-electron chi connectivity index (χ0n) is 13.9. The fraction of sp³-hybridized carbons (Fsp3) is 0.312. The highest BCUT2D eigenvalue weighted by Crippen LogP contribution is 2.34. The summed E-state index contributed by atoms with van der Waals surface area (Å²) < 4.78 is 0. The minimum atomic E-state index is -0.833. The van der Waals surface area contributed by atoms with Crippen molar-refractivity contribution < 1.29 is 14.6 Å². The summed E-state index contributed by atoms with van der Waals surface area (Å²) in [4.78, 5) is 35.0. The Bertz CT molecular complexity index is 675. The van der Waals surface area contributed by atoms with Gasteiger partial charge in [0.15, 0.2) is 5.56 Å². The normalized spacial score (nSPS) is 11.4. The number of carbonyl (C=O) groups excluding carboxylic acids is 1. The summed E-state index contributed by atoms with van der Waals surface area (Å²) in [6.07, 6.45) is 5.87. The Hall–Kier alpha value is -3.03. The van der Waals surface area contributed by atoms with Crippen LogP contribution < -0.4 is 0 Å². The molecule has 0 aromatic heterocycles. The first kappa shape index (κ1) is 19.0. The van der Waals surface area contributed by atoms with E-state index in [-0.39, 0.29) is 5.92 Å². The van der Waals surface area contributed by atoms with Crippen molar-refractivity contribution >= 4 is 17.3 Å². The van der Waals surface area contributed by atoms with Crippen molar-refractivity contribution in [3.8, 4) is 0 Å². The molecule has 0 heterocycles. The van der Waals surface area contributed by atoms with Crippen LogP contribution in [0.25, 0.3) is 0 Å². The van der Waals surface area contributed by atoms with Gasteiger partial charge in [0, 0.05) is 24.5 Å². The largest absolute Gasteiger partial charge is 0.291 e. The maximum absolute atomic E-state index is 12.7. The Kier molecular flexibility index (Phi) is 6.34. The van der Waals surface area contributed by atoms with Crippen molar-refractivity contribution in [1.82, 2.24) is 4.90 Å². The van der Waals surface area contributed by atoms with Crippen molar-refractivity contribution in [2.24, 2.45) is 0 Å². The first-order valence-corrected chi connectivity index (χ1v) is 7.29. The third-order valence-electron chi connectivity index (χ3n) is 3.25. The predicted molar refractivity (Wildman–Crippen MR) is 89.6 cm³/mol. The highest BCUT2D eigenvalue weighted by molar-refractivity contribution is 6.03. The van der Waals surface area contributed by atoms with Crippen LogP contribution in [0.15, 0.2) is 36.7 Å². The van der Waals surface area contributed by atoms with Crippen molar-refractivity contribution in [1.29, 1.82) is 0 Å². The van der Waals surface area contributed by atoms with Crippen LogP contribution in [-0.4, -0.2) is 20.7 Å². The molecule has 0 aliphatic rings. The van der Waals surface area contributed by atoms with E-state index >= 15 is 0 Å². The summed E-state index contributed by atoms with van der Waals surface area (Å²) >= 11 is 0. The van der Waals surface area contributed by atoms with Crippen molar-refractivity contribution in [2.45, 2.75) is 33.6 Å². The Labute approximate surface area is 139 Å². The molecule has 0 atom stereocenters. The summed E-state index contributed by atoms with van der Waals surface area (Å²) in [7, 11) is 0. The van der Waals surface area contributed by atoms with Gasteiger partial charge in [-0.15, -0.1) is 0 Å². The molecule has 8 heteroatoms. The average molecular weight is 333 g/mol. The van der Waals surface area contributed by atoms with E-state index in [1.807, 2.05) is 0 Å². The van der Waals surface area contributed by atoms with Crippen molar-refractivity contribution in [3.63, 3.8) is 0 Å². The fourth-order valence-corrected chi connectivity index (χ4v) is 2.11. The van der Waals surface area contributed by atoms with E-state index in [2.05, 4.69) is 0 Å². The molecule has 0 aliphatic heterocycles. The molecule has 1 rings (SSSR count). The molecule has 1 aromatic carbocycles. The number of rotatable bonds is 6. The molecule has 0 spiro atoms. The third kappa shape index (κ3) is 4.03. The number of nitrogens with zero attached hydrogens (tertiary/aromatic N) is 3. The number of carbonyl (C=O) groups is 1. The number of nitro benzene ring substituents is 2. The van der Waals surface area contributed by atoms with Gasteiger partial charge in [-0.1, -0.05) is 26.0 Å². The number of hydrogen-bond donors (Lipinski definition) is 0. The van der Waals surface area contributed by atoms with E-state index in [1.54, 1.807) is 39.8 Å². The van der Waals surface area contributed by atoms with E-state index in [9.17, 15) is 25.0 Å². The summed E-state index contributed by atoms with van der Waals surface area (Å²) in [6, 6.07) is 2.43. The van der Waals surface area contributed by atoms with Gasteiger partial charge >= 0.3 is 0 Å². The molecular weight excluding hydrogens is 314 g/mol. The molecule has 0 saturated heterocycles. The van der Waals surface area contributed by atoms with E-state index in [0.717, 1.165) is 4.90 Å². The van der Waals surface area contributed by atoms with Crippen molar-refractivity contribution in [2.75, 3.05) is 0 Å². The van der Waals surface area contributed by atoms with E-state index < -0.39 is 32.7 Å². The molecular formula is C16H19N3O5. The summed E-state index contributed by atoms with van der Waals surface area (Å²) in [5.74, 6) is -0.992. The molecule has 128 valence electrons. The number of nitro groups is 2. The van der Waals surface area contributed by atoms with Crippen LogP contribution in [0, 0.1) is 20.2 Å². The molecule has 0 radical (unpaired) electrons. The van der Waals surface area contributed by atoms with Gasteiger partial charge in [-0.2, -0.15) is 0 Å². The molecule has 0 saturated carbocycles. The minimum Gasteiger partial charge on any atom is -0.291 e. The molecule has 0 N–H and O–H groups in total. The highest BCUT2D eigenvalue weighted by Gasteiger charge is 2.34. The van der Waals surface area contributed by atoms with Gasteiger partial charge < -0.3 is 0 Å². The second kappa shape index (κ2) is 8.00. The van der Waals surface area contributed by atoms with Gasteiger partial charge in [-0.25, -0.2) is 0 Å². The molecule has 8 nitrogen and oxygen atoms in total. The number of benzene rings is 1. The second-order valence-electron chi connectivity index (χ2n) is 5.28. The highest BCUT2D eigenvalue weighted by atomic mass is 16.6. The van der Waals surface area contributed by atoms with Gasteiger partial charge in [0.25, 0.3) is 17.3 Å². The lowest BCUT2D eigenvalue weighted by Crippen LogP contribution is -2.22. The Morgan fingerprint density at radius 1 is 1.04 bits per heavy atom. The Morgan fingerprint density at radius 2 is 1.46 bits per heavy atom. The van der Waals surface area contributed by atoms with Crippen LogP contribution >= 0.6 is 0 Å². The van der Waals surface area contributed by atoms with Crippen LogP contribution in [0.3, 0.4) is 0 Å². The third-order valence-corrected chi connectivity index (χ3v) is 3.25. The van der Waals surface area contributed by atoms with Gasteiger partial charge in [-0.3, -0.25) is 29.9 Å². The first-order valence-electron chi connectivity index (χ1n) is 7.29. The smallest absolute Gasteiger partial charge is 0.289 e. The van der Waals surface area contributed by atoms with Crippen LogP contribution in [0.2, 0.25) is 0 Å². The lowest BCUT2D eigenvalue weighted by Gasteiger charge is -2.15. The van der Waals surface area contributed by atoms with Gasteiger partial charge in [0.05, 0.1) is 9.85 Å². The summed E-state index contributed by atoms with van der Waals surface area (Å²) in [6.45, 7) is 6.84. The zero-order chi connectivity index (χ0) is 18.4. The van der Waals surface area contributed by atoms with Crippen molar-refractivity contribution in [3.05, 3.63) is 68.0 Å². The number of amides is 1. The maximum Gasteiger partial charge on any atom is 0.289 e.